The number of phenols is 2. The third kappa shape index (κ3) is 3.69. The molecule has 0 saturated carbocycles. The largest absolute Gasteiger partial charge is 0.507 e. The van der Waals surface area contributed by atoms with Crippen LogP contribution in [0.5, 0.6) is 46.0 Å². The molecule has 2 N–H and O–H groups in total. The first-order valence-electron chi connectivity index (χ1n) is 11.0. The molecule has 0 atom stereocenters. The van der Waals surface area contributed by atoms with Gasteiger partial charge >= 0.3 is 0 Å². The van der Waals surface area contributed by atoms with Gasteiger partial charge in [-0.15, -0.1) is 0 Å². The van der Waals surface area contributed by atoms with Gasteiger partial charge in [0.2, 0.25) is 0 Å². The maximum Gasteiger partial charge on any atom is 0.164 e. The topological polar surface area (TPSA) is 95.8 Å². The second-order valence-electron chi connectivity index (χ2n) is 8.22. The van der Waals surface area contributed by atoms with Gasteiger partial charge in [0.15, 0.2) is 34.5 Å². The molecule has 3 aromatic rings. The number of methoxy groups -OCH3 is 6. The van der Waals surface area contributed by atoms with Crippen LogP contribution in [0, 0.1) is 0 Å². The molecule has 0 aromatic heterocycles. The van der Waals surface area contributed by atoms with E-state index in [4.69, 9.17) is 28.4 Å². The van der Waals surface area contributed by atoms with Crippen molar-refractivity contribution in [2.45, 2.75) is 18.3 Å². The van der Waals surface area contributed by atoms with Crippen LogP contribution in [0.2, 0.25) is 0 Å². The maximum atomic E-state index is 11.3. The number of aromatic hydroxyl groups is 2. The molecule has 0 spiro atoms. The Morgan fingerprint density at radius 2 is 0.857 bits per heavy atom. The minimum absolute atomic E-state index is 0.000491. The molecule has 0 fully saturated rings. The summed E-state index contributed by atoms with van der Waals surface area (Å²) in [4.78, 5) is 0. The number of benzene rings is 3. The lowest BCUT2D eigenvalue weighted by atomic mass is 9.69. The second-order valence-corrected chi connectivity index (χ2v) is 8.22. The highest BCUT2D eigenvalue weighted by Gasteiger charge is 2.47. The molecular formula is C27H30O8. The van der Waals surface area contributed by atoms with Gasteiger partial charge in [-0.3, -0.25) is 0 Å². The van der Waals surface area contributed by atoms with Crippen LogP contribution >= 0.6 is 0 Å². The summed E-state index contributed by atoms with van der Waals surface area (Å²) in [7, 11) is 9.25. The fourth-order valence-electron chi connectivity index (χ4n) is 5.11. The Morgan fingerprint density at radius 3 is 1.26 bits per heavy atom. The van der Waals surface area contributed by atoms with Crippen LogP contribution in [0.15, 0.2) is 36.4 Å². The molecule has 8 heteroatoms. The predicted molar refractivity (Wildman–Crippen MR) is 130 cm³/mol. The summed E-state index contributed by atoms with van der Waals surface area (Å²) in [5.41, 5.74) is 1.99. The summed E-state index contributed by atoms with van der Waals surface area (Å²) < 4.78 is 33.1. The maximum absolute atomic E-state index is 11.3. The molecule has 1 aliphatic rings. The monoisotopic (exact) mass is 482 g/mol. The van der Waals surface area contributed by atoms with E-state index in [1.54, 1.807) is 26.4 Å². The van der Waals surface area contributed by atoms with Gasteiger partial charge in [-0.1, -0.05) is 0 Å². The van der Waals surface area contributed by atoms with Crippen LogP contribution < -0.4 is 28.4 Å². The van der Waals surface area contributed by atoms with Gasteiger partial charge in [0.1, 0.15) is 11.5 Å². The highest BCUT2D eigenvalue weighted by Crippen LogP contribution is 2.57. The van der Waals surface area contributed by atoms with E-state index in [-0.39, 0.29) is 11.5 Å². The lowest BCUT2D eigenvalue weighted by Crippen LogP contribution is -2.27. The van der Waals surface area contributed by atoms with E-state index in [1.807, 2.05) is 12.1 Å². The van der Waals surface area contributed by atoms with E-state index in [0.29, 0.717) is 58.5 Å². The summed E-state index contributed by atoms with van der Waals surface area (Å²) in [6, 6.07) is 10.4. The molecule has 0 heterocycles. The van der Waals surface area contributed by atoms with E-state index in [2.05, 4.69) is 0 Å². The Bertz CT molecular complexity index is 1190. The fourth-order valence-corrected chi connectivity index (χ4v) is 5.11. The van der Waals surface area contributed by atoms with Gasteiger partial charge in [-0.05, 0) is 48.2 Å². The third-order valence-corrected chi connectivity index (χ3v) is 6.76. The number of hydrogen-bond acceptors (Lipinski definition) is 8. The van der Waals surface area contributed by atoms with Crippen molar-refractivity contribution in [3.8, 4) is 46.0 Å². The van der Waals surface area contributed by atoms with Gasteiger partial charge in [0, 0.05) is 23.3 Å². The molecule has 3 aromatic carbocycles. The zero-order chi connectivity index (χ0) is 25.3. The highest BCUT2D eigenvalue weighted by atomic mass is 16.5. The Balaban J connectivity index is 2.12. The fraction of sp³-hybridized carbons (Fsp3) is 0.333. The second kappa shape index (κ2) is 9.37. The van der Waals surface area contributed by atoms with Gasteiger partial charge in [0.25, 0.3) is 0 Å². The Morgan fingerprint density at radius 1 is 0.514 bits per heavy atom. The van der Waals surface area contributed by atoms with Crippen molar-refractivity contribution in [2.24, 2.45) is 0 Å². The standard InChI is InChI=1S/C27H30O8/c1-30-21-9-15-7-8-27(16(15)10-22(21)31-2,17-11-23(32-3)25(34-5)13-19(17)28)18-12-24(33-4)26(35-6)14-20(18)29/h9-14,28-29H,7-8H2,1-6H3. The minimum Gasteiger partial charge on any atom is -0.507 e. The minimum atomic E-state index is -0.970. The number of fused-ring (bicyclic) bond motifs is 1. The lowest BCUT2D eigenvalue weighted by Gasteiger charge is -2.34. The van der Waals surface area contributed by atoms with Crippen molar-refractivity contribution in [3.05, 3.63) is 58.7 Å². The Hall–Kier alpha value is -3.94. The average molecular weight is 483 g/mol. The van der Waals surface area contributed by atoms with E-state index in [9.17, 15) is 10.2 Å². The summed E-state index contributed by atoms with van der Waals surface area (Å²) in [5.74, 6) is 2.84. The van der Waals surface area contributed by atoms with Crippen LogP contribution in [0.3, 0.4) is 0 Å². The molecule has 0 bridgehead atoms. The highest BCUT2D eigenvalue weighted by molar-refractivity contribution is 5.69. The summed E-state index contributed by atoms with van der Waals surface area (Å²) in [6.45, 7) is 0. The predicted octanol–water partition coefficient (Wildman–Crippen LogP) is 4.43. The average Bonchev–Trinajstić information content (AvgIpc) is 3.25. The first kappa shape index (κ1) is 24.2. The quantitative estimate of drug-likeness (QED) is 0.487. The zero-order valence-corrected chi connectivity index (χ0v) is 20.7. The Labute approximate surface area is 204 Å². The molecule has 0 unspecified atom stereocenters. The molecule has 0 radical (unpaired) electrons. The van der Waals surface area contributed by atoms with Crippen molar-refractivity contribution in [1.82, 2.24) is 0 Å². The van der Waals surface area contributed by atoms with Gasteiger partial charge in [0.05, 0.1) is 48.1 Å². The molecule has 186 valence electrons. The molecule has 8 nitrogen and oxygen atoms in total. The van der Waals surface area contributed by atoms with Gasteiger partial charge < -0.3 is 38.6 Å². The van der Waals surface area contributed by atoms with Crippen molar-refractivity contribution in [1.29, 1.82) is 0 Å². The van der Waals surface area contributed by atoms with E-state index >= 15 is 0 Å². The Kier molecular flexibility index (Phi) is 6.47. The molecular weight excluding hydrogens is 452 g/mol. The molecule has 1 aliphatic carbocycles. The molecule has 0 aliphatic heterocycles. The summed E-state index contributed by atoms with van der Waals surface area (Å²) in [5, 5.41) is 22.5. The van der Waals surface area contributed by atoms with E-state index in [0.717, 1.165) is 11.1 Å². The first-order chi connectivity index (χ1) is 16.9. The van der Waals surface area contributed by atoms with Crippen LogP contribution in [0.25, 0.3) is 0 Å². The SMILES string of the molecule is COc1cc(O)c(C2(c3cc(OC)c(OC)cc3O)CCc3cc(OC)c(OC)cc32)cc1OC. The number of aryl methyl sites for hydroxylation is 1. The molecule has 0 amide bonds. The van der Waals surface area contributed by atoms with Gasteiger partial charge in [-0.25, -0.2) is 0 Å². The number of hydrogen-bond donors (Lipinski definition) is 2. The van der Waals surface area contributed by atoms with Gasteiger partial charge in [-0.2, -0.15) is 0 Å². The third-order valence-electron chi connectivity index (χ3n) is 6.76. The smallest absolute Gasteiger partial charge is 0.164 e. The first-order valence-corrected chi connectivity index (χ1v) is 11.0. The van der Waals surface area contributed by atoms with Crippen molar-refractivity contribution < 1.29 is 38.6 Å². The number of ether oxygens (including phenoxy) is 6. The molecule has 4 rings (SSSR count). The van der Waals surface area contributed by atoms with Crippen LogP contribution in [-0.2, 0) is 11.8 Å². The number of rotatable bonds is 8. The van der Waals surface area contributed by atoms with E-state index < -0.39 is 5.41 Å². The van der Waals surface area contributed by atoms with Crippen LogP contribution in [0.1, 0.15) is 28.7 Å². The lowest BCUT2D eigenvalue weighted by molar-refractivity contribution is 0.345. The normalized spacial score (nSPS) is 13.7. The van der Waals surface area contributed by atoms with Crippen molar-refractivity contribution in [3.63, 3.8) is 0 Å². The van der Waals surface area contributed by atoms with Crippen LogP contribution in [-0.4, -0.2) is 52.9 Å². The van der Waals surface area contributed by atoms with E-state index in [1.165, 1.54) is 40.6 Å². The molecule has 0 saturated heterocycles. The summed E-state index contributed by atoms with van der Waals surface area (Å²) in [6.07, 6.45) is 1.21. The van der Waals surface area contributed by atoms with Crippen LogP contribution in [0.4, 0.5) is 0 Å². The van der Waals surface area contributed by atoms with Crippen molar-refractivity contribution >= 4 is 0 Å². The zero-order valence-electron chi connectivity index (χ0n) is 20.7. The number of phenolic OH excluding ortho intramolecular Hbond substituents is 2. The molecule has 35 heavy (non-hydrogen) atoms. The summed E-state index contributed by atoms with van der Waals surface area (Å²) >= 11 is 0. The van der Waals surface area contributed by atoms with Crippen molar-refractivity contribution in [2.75, 3.05) is 42.7 Å².